The number of aromatic nitrogens is 5. The summed E-state index contributed by atoms with van der Waals surface area (Å²) in [7, 11) is -3.19. The maximum Gasteiger partial charge on any atom is 0.211 e. The summed E-state index contributed by atoms with van der Waals surface area (Å²) in [6.07, 6.45) is 8.60. The van der Waals surface area contributed by atoms with E-state index in [1.165, 1.54) is 6.26 Å². The van der Waals surface area contributed by atoms with Crippen molar-refractivity contribution in [3.05, 3.63) is 66.6 Å². The van der Waals surface area contributed by atoms with E-state index < -0.39 is 10.0 Å². The highest BCUT2D eigenvalue weighted by Gasteiger charge is 2.43. The van der Waals surface area contributed by atoms with Crippen molar-refractivity contribution in [3.63, 3.8) is 0 Å². The molecule has 0 saturated carbocycles. The van der Waals surface area contributed by atoms with Crippen LogP contribution in [0, 0.1) is 0 Å². The van der Waals surface area contributed by atoms with Crippen LogP contribution in [0.25, 0.3) is 33.2 Å². The SMILES string of the molecule is CC(Oc1ccc2[nH]nc(-c3ccc(N4C5CCC4CN(S(C)(=O)=O)C5)nc3)c2c1)c1ccnc2[nH]ccc12. The van der Waals surface area contributed by atoms with Gasteiger partial charge in [-0.1, -0.05) is 0 Å². The molecule has 2 N–H and O–H groups in total. The molecule has 5 aromatic rings. The molecule has 0 spiro atoms. The van der Waals surface area contributed by atoms with Crippen LogP contribution in [0.5, 0.6) is 5.75 Å². The lowest BCUT2D eigenvalue weighted by atomic mass is 10.1. The number of aromatic amines is 2. The van der Waals surface area contributed by atoms with E-state index in [9.17, 15) is 8.42 Å². The number of hydrogen-bond donors (Lipinski definition) is 2. The zero-order chi connectivity index (χ0) is 26.7. The summed E-state index contributed by atoms with van der Waals surface area (Å²) in [4.78, 5) is 14.6. The van der Waals surface area contributed by atoms with Crippen molar-refractivity contribution >= 4 is 37.8 Å². The largest absolute Gasteiger partial charge is 0.486 e. The highest BCUT2D eigenvalue weighted by molar-refractivity contribution is 7.88. The minimum Gasteiger partial charge on any atom is -0.486 e. The second kappa shape index (κ2) is 9.06. The normalized spacial score (nSPS) is 20.6. The molecule has 4 aromatic heterocycles. The van der Waals surface area contributed by atoms with Crippen molar-refractivity contribution < 1.29 is 13.2 Å². The highest BCUT2D eigenvalue weighted by Crippen LogP contribution is 2.36. The van der Waals surface area contributed by atoms with Crippen molar-refractivity contribution in [3.8, 4) is 17.0 Å². The van der Waals surface area contributed by atoms with Gasteiger partial charge in [-0.05, 0) is 62.2 Å². The molecule has 2 saturated heterocycles. The molecule has 2 fully saturated rings. The van der Waals surface area contributed by atoms with E-state index in [0.717, 1.165) is 63.2 Å². The number of piperazine rings is 1. The summed E-state index contributed by atoms with van der Waals surface area (Å²) < 4.78 is 32.2. The number of rotatable bonds is 6. The molecule has 3 atom stereocenters. The quantitative estimate of drug-likeness (QED) is 0.328. The van der Waals surface area contributed by atoms with Crippen LogP contribution in [0.1, 0.15) is 31.4 Å². The minimum absolute atomic E-state index is 0.151. The van der Waals surface area contributed by atoms with Gasteiger partial charge in [-0.15, -0.1) is 0 Å². The van der Waals surface area contributed by atoms with E-state index in [1.807, 2.05) is 61.8 Å². The standard InChI is InChI=1S/C28H29N7O3S/c1-17(22-9-11-29-28-23(22)10-12-30-28)38-21-6-7-25-24(13-21)27(33-32-25)18-3-8-26(31-14-18)35-19-4-5-20(35)16-34(15-19)39(2,36)37/h3,6-14,17,19-20H,4-5,15-16H2,1-2H3,(H,29,30)(H,32,33). The predicted molar refractivity (Wildman–Crippen MR) is 150 cm³/mol. The van der Waals surface area contributed by atoms with Crippen LogP contribution in [-0.4, -0.2) is 69.3 Å². The van der Waals surface area contributed by atoms with E-state index in [0.29, 0.717) is 13.1 Å². The molecule has 7 rings (SSSR count). The molecule has 200 valence electrons. The molecule has 11 heteroatoms. The lowest BCUT2D eigenvalue weighted by molar-refractivity contribution is 0.229. The molecule has 2 bridgehead atoms. The molecule has 10 nitrogen and oxygen atoms in total. The average molecular weight is 544 g/mol. The molecule has 6 heterocycles. The van der Waals surface area contributed by atoms with Crippen LogP contribution in [-0.2, 0) is 10.0 Å². The van der Waals surface area contributed by atoms with Gasteiger partial charge in [0.1, 0.15) is 29.0 Å². The number of hydrogen-bond acceptors (Lipinski definition) is 7. The summed E-state index contributed by atoms with van der Waals surface area (Å²) in [6.45, 7) is 3.06. The number of benzene rings is 1. The number of fused-ring (bicyclic) bond motifs is 4. The van der Waals surface area contributed by atoms with Crippen LogP contribution >= 0.6 is 0 Å². The van der Waals surface area contributed by atoms with E-state index in [1.54, 1.807) is 10.5 Å². The van der Waals surface area contributed by atoms with Gasteiger partial charge in [-0.2, -0.15) is 9.40 Å². The van der Waals surface area contributed by atoms with E-state index in [2.05, 4.69) is 25.1 Å². The lowest BCUT2D eigenvalue weighted by Crippen LogP contribution is -2.55. The Morgan fingerprint density at radius 3 is 2.59 bits per heavy atom. The summed E-state index contributed by atoms with van der Waals surface area (Å²) in [5.74, 6) is 1.63. The van der Waals surface area contributed by atoms with Gasteiger partial charge >= 0.3 is 0 Å². The maximum absolute atomic E-state index is 12.1. The number of ether oxygens (including phenoxy) is 1. The van der Waals surface area contributed by atoms with Gasteiger partial charge in [0.05, 0.1) is 11.8 Å². The van der Waals surface area contributed by atoms with Gasteiger partial charge < -0.3 is 14.6 Å². The van der Waals surface area contributed by atoms with Crippen LogP contribution in [0.15, 0.2) is 61.1 Å². The first-order chi connectivity index (χ1) is 18.8. The Balaban J connectivity index is 1.14. The van der Waals surface area contributed by atoms with Crippen LogP contribution in [0.2, 0.25) is 0 Å². The first-order valence-corrected chi connectivity index (χ1v) is 15.0. The Morgan fingerprint density at radius 2 is 1.85 bits per heavy atom. The Bertz CT molecular complexity index is 1770. The zero-order valence-electron chi connectivity index (χ0n) is 21.7. The molecule has 3 unspecified atom stereocenters. The molecule has 0 radical (unpaired) electrons. The first kappa shape index (κ1) is 24.1. The third-order valence-corrected chi connectivity index (χ3v) is 9.22. The van der Waals surface area contributed by atoms with Gasteiger partial charge in [-0.25, -0.2) is 18.4 Å². The Hall–Kier alpha value is -3.96. The number of sulfonamides is 1. The fraction of sp³-hybridized carbons (Fsp3) is 0.321. The van der Waals surface area contributed by atoms with Crippen LogP contribution < -0.4 is 9.64 Å². The number of H-pyrrole nitrogens is 2. The molecule has 0 amide bonds. The van der Waals surface area contributed by atoms with Crippen molar-refractivity contribution in [2.24, 2.45) is 0 Å². The van der Waals surface area contributed by atoms with Crippen molar-refractivity contribution in [1.82, 2.24) is 29.5 Å². The summed E-state index contributed by atoms with van der Waals surface area (Å²) >= 11 is 0. The number of nitrogens with one attached hydrogen (secondary N) is 2. The Labute approximate surface area is 226 Å². The van der Waals surface area contributed by atoms with Crippen LogP contribution in [0.4, 0.5) is 5.82 Å². The smallest absolute Gasteiger partial charge is 0.211 e. The molecular formula is C28H29N7O3S. The van der Waals surface area contributed by atoms with E-state index in [4.69, 9.17) is 9.72 Å². The third-order valence-electron chi connectivity index (χ3n) is 7.98. The van der Waals surface area contributed by atoms with Crippen molar-refractivity contribution in [2.75, 3.05) is 24.2 Å². The summed E-state index contributed by atoms with van der Waals surface area (Å²) in [5.41, 5.74) is 4.54. The minimum atomic E-state index is -3.19. The van der Waals surface area contributed by atoms with Gasteiger partial charge in [-0.3, -0.25) is 5.10 Å². The fourth-order valence-electron chi connectivity index (χ4n) is 6.08. The predicted octanol–water partition coefficient (Wildman–Crippen LogP) is 4.25. The Morgan fingerprint density at radius 1 is 1.03 bits per heavy atom. The molecule has 39 heavy (non-hydrogen) atoms. The maximum atomic E-state index is 12.1. The number of nitrogens with zero attached hydrogens (tertiary/aromatic N) is 5. The highest BCUT2D eigenvalue weighted by atomic mass is 32.2. The third kappa shape index (κ3) is 4.22. The fourth-order valence-corrected chi connectivity index (χ4v) is 6.96. The molecule has 2 aliphatic heterocycles. The molecule has 2 aliphatic rings. The first-order valence-electron chi connectivity index (χ1n) is 13.1. The van der Waals surface area contributed by atoms with Crippen molar-refractivity contribution in [1.29, 1.82) is 0 Å². The monoisotopic (exact) mass is 543 g/mol. The topological polar surface area (TPSA) is 120 Å². The molecule has 0 aliphatic carbocycles. The van der Waals surface area contributed by atoms with Crippen LogP contribution in [0.3, 0.4) is 0 Å². The van der Waals surface area contributed by atoms with Gasteiger partial charge in [0.25, 0.3) is 0 Å². The molecule has 1 aromatic carbocycles. The summed E-state index contributed by atoms with van der Waals surface area (Å²) in [5, 5.41) is 9.71. The van der Waals surface area contributed by atoms with E-state index >= 15 is 0 Å². The van der Waals surface area contributed by atoms with Gasteiger partial charge in [0.15, 0.2) is 0 Å². The van der Waals surface area contributed by atoms with Crippen molar-refractivity contribution in [2.45, 2.75) is 38.0 Å². The summed E-state index contributed by atoms with van der Waals surface area (Å²) in [6, 6.07) is 14.3. The number of anilines is 1. The Kier molecular flexibility index (Phi) is 5.60. The number of pyridine rings is 2. The second-order valence-electron chi connectivity index (χ2n) is 10.5. The van der Waals surface area contributed by atoms with E-state index in [-0.39, 0.29) is 18.2 Å². The molecular weight excluding hydrogens is 514 g/mol. The zero-order valence-corrected chi connectivity index (χ0v) is 22.5. The van der Waals surface area contributed by atoms with Gasteiger partial charge in [0, 0.05) is 65.7 Å². The van der Waals surface area contributed by atoms with Gasteiger partial charge in [0.2, 0.25) is 10.0 Å². The lowest BCUT2D eigenvalue weighted by Gasteiger charge is -2.40. The average Bonchev–Trinajstić information content (AvgIpc) is 3.63. The second-order valence-corrected chi connectivity index (χ2v) is 12.4.